The van der Waals surface area contributed by atoms with Gasteiger partial charge in [0.2, 0.25) is 0 Å². The van der Waals surface area contributed by atoms with Crippen molar-refractivity contribution in [1.29, 1.82) is 0 Å². The Hall–Kier alpha value is -0.0300. The summed E-state index contributed by atoms with van der Waals surface area (Å²) < 4.78 is 3.03. The third kappa shape index (κ3) is 3.97. The van der Waals surface area contributed by atoms with E-state index in [1.807, 2.05) is 30.3 Å². The lowest BCUT2D eigenvalue weighted by atomic mass is 10.1. The summed E-state index contributed by atoms with van der Waals surface area (Å²) in [5, 5.41) is 4.14. The summed E-state index contributed by atoms with van der Waals surface area (Å²) in [4.78, 5) is 0. The van der Waals surface area contributed by atoms with Crippen LogP contribution in [0.5, 0.6) is 0 Å². The topological polar surface area (TPSA) is 12.0 Å². The van der Waals surface area contributed by atoms with Crippen LogP contribution in [0.2, 0.25) is 5.02 Å². The van der Waals surface area contributed by atoms with Gasteiger partial charge < -0.3 is 5.32 Å². The SMILES string of the molecule is CC(Nc1ccc(Br)c(Cl)c1)c1ccc(Br)cc1Br. The Bertz CT molecular complexity index is 601. The minimum atomic E-state index is 0.180. The van der Waals surface area contributed by atoms with Crippen molar-refractivity contribution in [2.24, 2.45) is 0 Å². The number of rotatable bonds is 3. The van der Waals surface area contributed by atoms with Crippen LogP contribution in [-0.4, -0.2) is 0 Å². The normalized spacial score (nSPS) is 12.3. The van der Waals surface area contributed by atoms with E-state index in [0.717, 1.165) is 19.1 Å². The molecule has 0 heterocycles. The van der Waals surface area contributed by atoms with Gasteiger partial charge in [0, 0.05) is 25.1 Å². The van der Waals surface area contributed by atoms with Gasteiger partial charge in [-0.1, -0.05) is 49.5 Å². The van der Waals surface area contributed by atoms with Gasteiger partial charge in [-0.2, -0.15) is 0 Å². The van der Waals surface area contributed by atoms with Gasteiger partial charge in [0.15, 0.2) is 0 Å². The average molecular weight is 468 g/mol. The van der Waals surface area contributed by atoms with E-state index in [1.54, 1.807) is 0 Å². The van der Waals surface area contributed by atoms with E-state index < -0.39 is 0 Å². The van der Waals surface area contributed by atoms with Gasteiger partial charge in [-0.25, -0.2) is 0 Å². The lowest BCUT2D eigenvalue weighted by Gasteiger charge is -2.18. The molecule has 0 aliphatic heterocycles. The minimum absolute atomic E-state index is 0.180. The Morgan fingerprint density at radius 2 is 1.74 bits per heavy atom. The van der Waals surface area contributed by atoms with Crippen molar-refractivity contribution in [1.82, 2.24) is 0 Å². The van der Waals surface area contributed by atoms with Gasteiger partial charge >= 0.3 is 0 Å². The molecule has 2 rings (SSSR count). The molecule has 1 unspecified atom stereocenters. The molecule has 100 valence electrons. The zero-order valence-electron chi connectivity index (χ0n) is 10.1. The highest BCUT2D eigenvalue weighted by molar-refractivity contribution is 9.11. The first-order valence-electron chi connectivity index (χ1n) is 5.64. The van der Waals surface area contributed by atoms with Crippen LogP contribution < -0.4 is 5.32 Å². The van der Waals surface area contributed by atoms with E-state index in [2.05, 4.69) is 66.1 Å². The fourth-order valence-corrected chi connectivity index (χ4v) is 3.58. The van der Waals surface area contributed by atoms with Crippen LogP contribution in [0.15, 0.2) is 49.8 Å². The quantitative estimate of drug-likeness (QED) is 0.523. The zero-order valence-corrected chi connectivity index (χ0v) is 15.6. The largest absolute Gasteiger partial charge is 0.378 e. The monoisotopic (exact) mass is 465 g/mol. The summed E-state index contributed by atoms with van der Waals surface area (Å²) in [6, 6.07) is 12.2. The van der Waals surface area contributed by atoms with Crippen molar-refractivity contribution in [3.8, 4) is 0 Å². The van der Waals surface area contributed by atoms with Crippen LogP contribution in [0.25, 0.3) is 0 Å². The molecule has 0 spiro atoms. The van der Waals surface area contributed by atoms with Crippen LogP contribution in [-0.2, 0) is 0 Å². The van der Waals surface area contributed by atoms with Crippen molar-refractivity contribution in [2.45, 2.75) is 13.0 Å². The maximum atomic E-state index is 6.09. The van der Waals surface area contributed by atoms with Crippen LogP contribution in [0.1, 0.15) is 18.5 Å². The number of benzene rings is 2. The maximum absolute atomic E-state index is 6.09. The zero-order chi connectivity index (χ0) is 14.0. The summed E-state index contributed by atoms with van der Waals surface area (Å²) >= 11 is 16.5. The lowest BCUT2D eigenvalue weighted by molar-refractivity contribution is 0.878. The predicted molar refractivity (Wildman–Crippen MR) is 93.0 cm³/mol. The summed E-state index contributed by atoms with van der Waals surface area (Å²) in [7, 11) is 0. The molecular weight excluding hydrogens is 457 g/mol. The van der Waals surface area contributed by atoms with Crippen molar-refractivity contribution >= 4 is 65.1 Å². The molecule has 0 radical (unpaired) electrons. The summed E-state index contributed by atoms with van der Waals surface area (Å²) in [6.45, 7) is 2.12. The van der Waals surface area contributed by atoms with E-state index in [9.17, 15) is 0 Å². The summed E-state index contributed by atoms with van der Waals surface area (Å²) in [5.41, 5.74) is 2.19. The Morgan fingerprint density at radius 3 is 2.37 bits per heavy atom. The molecule has 5 heteroatoms. The highest BCUT2D eigenvalue weighted by Gasteiger charge is 2.10. The third-order valence-electron chi connectivity index (χ3n) is 2.73. The third-order valence-corrected chi connectivity index (χ3v) is 5.14. The van der Waals surface area contributed by atoms with Crippen molar-refractivity contribution < 1.29 is 0 Å². The first-order chi connectivity index (χ1) is 8.97. The molecule has 1 nitrogen and oxygen atoms in total. The number of hydrogen-bond donors (Lipinski definition) is 1. The molecule has 0 amide bonds. The standard InChI is InChI=1S/C14H11Br3ClN/c1-8(11-4-2-9(15)6-13(11)17)19-10-3-5-12(16)14(18)7-10/h2-8,19H,1H3. The van der Waals surface area contributed by atoms with Crippen LogP contribution >= 0.6 is 59.4 Å². The van der Waals surface area contributed by atoms with Crippen molar-refractivity contribution in [3.05, 3.63) is 60.4 Å². The predicted octanol–water partition coefficient (Wildman–Crippen LogP) is 6.80. The molecule has 2 aromatic rings. The second kappa shape index (κ2) is 6.61. The highest BCUT2D eigenvalue weighted by atomic mass is 79.9. The van der Waals surface area contributed by atoms with E-state index >= 15 is 0 Å². The van der Waals surface area contributed by atoms with Crippen molar-refractivity contribution in [3.63, 3.8) is 0 Å². The molecular formula is C14H11Br3ClN. The molecule has 0 saturated heterocycles. The van der Waals surface area contributed by atoms with E-state index in [-0.39, 0.29) is 6.04 Å². The molecule has 0 fully saturated rings. The second-order valence-electron chi connectivity index (χ2n) is 4.16. The van der Waals surface area contributed by atoms with Gasteiger partial charge in [0.25, 0.3) is 0 Å². The second-order valence-corrected chi connectivity index (χ2v) is 7.19. The van der Waals surface area contributed by atoms with Gasteiger partial charge in [-0.05, 0) is 58.7 Å². The fraction of sp³-hybridized carbons (Fsp3) is 0.143. The van der Waals surface area contributed by atoms with Crippen LogP contribution in [0.3, 0.4) is 0 Å². The molecule has 0 aliphatic rings. The molecule has 0 aromatic heterocycles. The van der Waals surface area contributed by atoms with Crippen LogP contribution in [0, 0.1) is 0 Å². The Morgan fingerprint density at radius 1 is 1.00 bits per heavy atom. The fourth-order valence-electron chi connectivity index (χ4n) is 1.77. The average Bonchev–Trinajstić information content (AvgIpc) is 2.33. The lowest BCUT2D eigenvalue weighted by Crippen LogP contribution is -2.07. The number of hydrogen-bond acceptors (Lipinski definition) is 1. The molecule has 0 saturated carbocycles. The van der Waals surface area contributed by atoms with Gasteiger partial charge in [-0.15, -0.1) is 0 Å². The van der Waals surface area contributed by atoms with Crippen LogP contribution in [0.4, 0.5) is 5.69 Å². The Labute approximate surface area is 143 Å². The molecule has 0 aliphatic carbocycles. The van der Waals surface area contributed by atoms with Gasteiger partial charge in [-0.3, -0.25) is 0 Å². The highest BCUT2D eigenvalue weighted by Crippen LogP contribution is 2.31. The van der Waals surface area contributed by atoms with Crippen molar-refractivity contribution in [2.75, 3.05) is 5.32 Å². The Balaban J connectivity index is 2.20. The summed E-state index contributed by atoms with van der Waals surface area (Å²) in [6.07, 6.45) is 0. The number of halogens is 4. The van der Waals surface area contributed by atoms with Gasteiger partial charge in [0.1, 0.15) is 0 Å². The molecule has 0 bridgehead atoms. The Kier molecular flexibility index (Phi) is 5.35. The number of nitrogens with one attached hydrogen (secondary N) is 1. The summed E-state index contributed by atoms with van der Waals surface area (Å²) in [5.74, 6) is 0. The van der Waals surface area contributed by atoms with E-state index in [4.69, 9.17) is 11.6 Å². The first kappa shape index (κ1) is 15.4. The van der Waals surface area contributed by atoms with Gasteiger partial charge in [0.05, 0.1) is 5.02 Å². The smallest absolute Gasteiger partial charge is 0.0568 e. The molecule has 19 heavy (non-hydrogen) atoms. The first-order valence-corrected chi connectivity index (χ1v) is 8.39. The van der Waals surface area contributed by atoms with E-state index in [1.165, 1.54) is 5.56 Å². The molecule has 2 aromatic carbocycles. The number of anilines is 1. The minimum Gasteiger partial charge on any atom is -0.378 e. The molecule has 1 N–H and O–H groups in total. The van der Waals surface area contributed by atoms with E-state index in [0.29, 0.717) is 5.02 Å². The maximum Gasteiger partial charge on any atom is 0.0568 e. The molecule has 1 atom stereocenters.